The highest BCUT2D eigenvalue weighted by Crippen LogP contribution is 2.13. The number of esters is 1. The lowest BCUT2D eigenvalue weighted by molar-refractivity contribution is 0.0600. The molecule has 0 atom stereocenters. The van der Waals surface area contributed by atoms with E-state index < -0.39 is 5.97 Å². The topological polar surface area (TPSA) is 72.5 Å². The number of amides is 1. The average molecular weight is 297 g/mol. The summed E-state index contributed by atoms with van der Waals surface area (Å²) in [6.45, 7) is 1.48. The molecule has 5 nitrogen and oxygen atoms in total. The average Bonchev–Trinajstić information content (AvgIpc) is 2.54. The molecule has 22 heavy (non-hydrogen) atoms. The molecule has 0 radical (unpaired) electrons. The number of rotatable bonds is 4. The molecule has 0 aliphatic heterocycles. The van der Waals surface area contributed by atoms with E-state index in [0.29, 0.717) is 22.4 Å². The number of benzene rings is 2. The summed E-state index contributed by atoms with van der Waals surface area (Å²) in [6, 6.07) is 12.8. The molecule has 0 unspecified atom stereocenters. The van der Waals surface area contributed by atoms with E-state index in [1.807, 2.05) is 0 Å². The van der Waals surface area contributed by atoms with Crippen molar-refractivity contribution in [3.8, 4) is 0 Å². The number of hydrogen-bond donors (Lipinski definition) is 1. The Kier molecular flexibility index (Phi) is 4.68. The molecular weight excluding hydrogens is 282 g/mol. The Hall–Kier alpha value is -2.95. The van der Waals surface area contributed by atoms with Crippen molar-refractivity contribution in [2.75, 3.05) is 12.4 Å². The Bertz CT molecular complexity index is 720. The highest BCUT2D eigenvalue weighted by molar-refractivity contribution is 6.06. The Morgan fingerprint density at radius 3 is 2.14 bits per heavy atom. The number of nitrogens with one attached hydrogen (secondary N) is 1. The van der Waals surface area contributed by atoms with E-state index in [9.17, 15) is 14.4 Å². The largest absolute Gasteiger partial charge is 0.465 e. The number of ketones is 1. The molecule has 112 valence electrons. The van der Waals surface area contributed by atoms with E-state index in [0.717, 1.165) is 0 Å². The van der Waals surface area contributed by atoms with Crippen LogP contribution < -0.4 is 5.32 Å². The molecule has 0 aliphatic rings. The fourth-order valence-electron chi connectivity index (χ4n) is 1.90. The highest BCUT2D eigenvalue weighted by Gasteiger charge is 2.11. The molecule has 5 heteroatoms. The van der Waals surface area contributed by atoms with Gasteiger partial charge in [0.15, 0.2) is 5.78 Å². The van der Waals surface area contributed by atoms with E-state index in [1.165, 1.54) is 20.1 Å². The summed E-state index contributed by atoms with van der Waals surface area (Å²) in [5, 5.41) is 2.71. The summed E-state index contributed by atoms with van der Waals surface area (Å²) in [4.78, 5) is 34.8. The van der Waals surface area contributed by atoms with Crippen molar-refractivity contribution in [3.05, 3.63) is 65.2 Å². The van der Waals surface area contributed by atoms with Crippen molar-refractivity contribution in [1.29, 1.82) is 0 Å². The van der Waals surface area contributed by atoms with Gasteiger partial charge in [0.05, 0.1) is 12.7 Å². The van der Waals surface area contributed by atoms with E-state index >= 15 is 0 Å². The first kappa shape index (κ1) is 15.4. The first-order chi connectivity index (χ1) is 10.5. The summed E-state index contributed by atoms with van der Waals surface area (Å²) in [7, 11) is 1.28. The number of carbonyl (C=O) groups excluding carboxylic acids is 3. The van der Waals surface area contributed by atoms with E-state index in [-0.39, 0.29) is 11.7 Å². The van der Waals surface area contributed by atoms with Crippen LogP contribution in [0.4, 0.5) is 5.69 Å². The first-order valence-corrected chi connectivity index (χ1v) is 6.62. The standard InChI is InChI=1S/C17H15NO4/c1-11(19)12-6-8-15(9-7-12)18-16(20)13-4-3-5-14(10-13)17(21)22-2/h3-10H,1-2H3,(H,18,20). The van der Waals surface area contributed by atoms with E-state index in [4.69, 9.17) is 0 Å². The highest BCUT2D eigenvalue weighted by atomic mass is 16.5. The van der Waals surface area contributed by atoms with Gasteiger partial charge in [-0.2, -0.15) is 0 Å². The maximum absolute atomic E-state index is 12.2. The van der Waals surface area contributed by atoms with Crippen molar-refractivity contribution in [3.63, 3.8) is 0 Å². The predicted molar refractivity (Wildman–Crippen MR) is 82.2 cm³/mol. The van der Waals surface area contributed by atoms with E-state index in [1.54, 1.807) is 42.5 Å². The second kappa shape index (κ2) is 6.67. The summed E-state index contributed by atoms with van der Waals surface area (Å²) >= 11 is 0. The molecule has 0 spiro atoms. The zero-order valence-electron chi connectivity index (χ0n) is 12.3. The van der Waals surface area contributed by atoms with Gasteiger partial charge in [-0.1, -0.05) is 6.07 Å². The summed E-state index contributed by atoms with van der Waals surface area (Å²) in [6.07, 6.45) is 0. The first-order valence-electron chi connectivity index (χ1n) is 6.62. The van der Waals surface area contributed by atoms with Crippen LogP contribution in [0.5, 0.6) is 0 Å². The molecule has 0 saturated heterocycles. The molecule has 1 N–H and O–H groups in total. The Morgan fingerprint density at radius 1 is 0.909 bits per heavy atom. The van der Waals surface area contributed by atoms with Crippen LogP contribution in [-0.4, -0.2) is 24.8 Å². The molecule has 2 rings (SSSR count). The molecule has 0 aliphatic carbocycles. The van der Waals surface area contributed by atoms with Gasteiger partial charge in [-0.25, -0.2) is 4.79 Å². The third kappa shape index (κ3) is 3.58. The SMILES string of the molecule is COC(=O)c1cccc(C(=O)Nc2ccc(C(C)=O)cc2)c1. The quantitative estimate of drug-likeness (QED) is 0.695. The third-order valence-electron chi connectivity index (χ3n) is 3.10. The second-order valence-electron chi connectivity index (χ2n) is 4.66. The van der Waals surface area contributed by atoms with Crippen molar-refractivity contribution in [2.24, 2.45) is 0 Å². The zero-order valence-corrected chi connectivity index (χ0v) is 12.3. The van der Waals surface area contributed by atoms with Crippen LogP contribution in [0.3, 0.4) is 0 Å². The molecule has 0 saturated carbocycles. The van der Waals surface area contributed by atoms with Gasteiger partial charge in [0.1, 0.15) is 0 Å². The second-order valence-corrected chi connectivity index (χ2v) is 4.66. The Morgan fingerprint density at radius 2 is 1.55 bits per heavy atom. The fraction of sp³-hybridized carbons (Fsp3) is 0.118. The van der Waals surface area contributed by atoms with Crippen molar-refractivity contribution >= 4 is 23.3 Å². The maximum atomic E-state index is 12.2. The minimum Gasteiger partial charge on any atom is -0.465 e. The van der Waals surface area contributed by atoms with Gasteiger partial charge in [-0.05, 0) is 49.4 Å². The van der Waals surface area contributed by atoms with Gasteiger partial charge in [-0.3, -0.25) is 9.59 Å². The molecule has 0 aromatic heterocycles. The van der Waals surface area contributed by atoms with Gasteiger partial charge < -0.3 is 10.1 Å². The van der Waals surface area contributed by atoms with Gasteiger partial charge in [-0.15, -0.1) is 0 Å². The molecule has 0 bridgehead atoms. The Balaban J connectivity index is 2.15. The zero-order chi connectivity index (χ0) is 16.1. The number of anilines is 1. The molecule has 2 aromatic carbocycles. The smallest absolute Gasteiger partial charge is 0.337 e. The number of hydrogen-bond acceptors (Lipinski definition) is 4. The van der Waals surface area contributed by atoms with Gasteiger partial charge in [0, 0.05) is 16.8 Å². The van der Waals surface area contributed by atoms with Crippen molar-refractivity contribution in [2.45, 2.75) is 6.92 Å². The lowest BCUT2D eigenvalue weighted by Crippen LogP contribution is -2.13. The van der Waals surface area contributed by atoms with Gasteiger partial charge in [0.25, 0.3) is 5.91 Å². The predicted octanol–water partition coefficient (Wildman–Crippen LogP) is 2.93. The number of methoxy groups -OCH3 is 1. The maximum Gasteiger partial charge on any atom is 0.337 e. The molecular formula is C17H15NO4. The number of Topliss-reactive ketones (excluding diaryl/α,β-unsaturated/α-hetero) is 1. The van der Waals surface area contributed by atoms with Gasteiger partial charge >= 0.3 is 5.97 Å². The van der Waals surface area contributed by atoms with Gasteiger partial charge in [0.2, 0.25) is 0 Å². The molecule has 2 aromatic rings. The van der Waals surface area contributed by atoms with Crippen LogP contribution in [0.1, 0.15) is 38.0 Å². The summed E-state index contributed by atoms with van der Waals surface area (Å²) in [5.41, 5.74) is 1.80. The third-order valence-corrected chi connectivity index (χ3v) is 3.10. The molecule has 0 heterocycles. The van der Waals surface area contributed by atoms with Crippen molar-refractivity contribution in [1.82, 2.24) is 0 Å². The summed E-state index contributed by atoms with van der Waals surface area (Å²) < 4.78 is 4.62. The monoisotopic (exact) mass is 297 g/mol. The minimum absolute atomic E-state index is 0.0383. The number of ether oxygens (including phenoxy) is 1. The van der Waals surface area contributed by atoms with Crippen LogP contribution in [0.25, 0.3) is 0 Å². The van der Waals surface area contributed by atoms with Crippen LogP contribution >= 0.6 is 0 Å². The minimum atomic E-state index is -0.500. The normalized spacial score (nSPS) is 9.91. The lowest BCUT2D eigenvalue weighted by atomic mass is 10.1. The lowest BCUT2D eigenvalue weighted by Gasteiger charge is -2.07. The molecule has 0 fully saturated rings. The summed E-state index contributed by atoms with van der Waals surface area (Å²) in [5.74, 6) is -0.884. The number of carbonyl (C=O) groups is 3. The van der Waals surface area contributed by atoms with Crippen LogP contribution in [0, 0.1) is 0 Å². The van der Waals surface area contributed by atoms with Crippen LogP contribution in [0.2, 0.25) is 0 Å². The van der Waals surface area contributed by atoms with Crippen LogP contribution in [0.15, 0.2) is 48.5 Å². The van der Waals surface area contributed by atoms with E-state index in [2.05, 4.69) is 10.1 Å². The van der Waals surface area contributed by atoms with Crippen LogP contribution in [-0.2, 0) is 4.74 Å². The Labute approximate surface area is 127 Å². The molecule has 1 amide bonds. The fourth-order valence-corrected chi connectivity index (χ4v) is 1.90. The van der Waals surface area contributed by atoms with Crippen molar-refractivity contribution < 1.29 is 19.1 Å².